The molecule has 6 heteroatoms. The van der Waals surface area contributed by atoms with Crippen LogP contribution in [0.15, 0.2) is 24.3 Å². The number of ether oxygens (including phenoxy) is 4. The van der Waals surface area contributed by atoms with Crippen molar-refractivity contribution in [2.75, 3.05) is 33.0 Å². The second kappa shape index (κ2) is 11.3. The van der Waals surface area contributed by atoms with Crippen molar-refractivity contribution >= 4 is 6.09 Å². The van der Waals surface area contributed by atoms with Crippen molar-refractivity contribution in [2.24, 2.45) is 0 Å². The summed E-state index contributed by atoms with van der Waals surface area (Å²) in [7, 11) is 0. The van der Waals surface area contributed by atoms with Crippen LogP contribution in [0.1, 0.15) is 52.0 Å². The van der Waals surface area contributed by atoms with Crippen LogP contribution >= 0.6 is 0 Å². The van der Waals surface area contributed by atoms with Gasteiger partial charge in [0, 0.05) is 19.6 Å². The van der Waals surface area contributed by atoms with Crippen molar-refractivity contribution in [1.29, 1.82) is 0 Å². The molecule has 0 spiro atoms. The van der Waals surface area contributed by atoms with E-state index in [4.69, 9.17) is 18.9 Å². The number of aryl methyl sites for hydroxylation is 1. The van der Waals surface area contributed by atoms with Crippen molar-refractivity contribution in [3.63, 3.8) is 0 Å². The highest BCUT2D eigenvalue weighted by Gasteiger charge is 2.30. The standard InChI is InChI=1S/C22H35NO5/c1-18-10-5-6-11-19(18)26-15-9-14-25-16-17-27-20-12-7-8-13-23(20)21(24)28-22(2,3)4/h5-6,10-11,20H,7-9,12-17H2,1-4H3. The van der Waals surface area contributed by atoms with Crippen LogP contribution in [-0.4, -0.2) is 55.8 Å². The van der Waals surface area contributed by atoms with Gasteiger partial charge in [0.25, 0.3) is 0 Å². The van der Waals surface area contributed by atoms with Gasteiger partial charge in [-0.25, -0.2) is 4.79 Å². The first-order chi connectivity index (χ1) is 13.4. The summed E-state index contributed by atoms with van der Waals surface area (Å²) in [6.07, 6.45) is 3.17. The van der Waals surface area contributed by atoms with Crippen molar-refractivity contribution in [1.82, 2.24) is 4.90 Å². The Hall–Kier alpha value is -1.79. The van der Waals surface area contributed by atoms with E-state index in [2.05, 4.69) is 0 Å². The molecule has 6 nitrogen and oxygen atoms in total. The van der Waals surface area contributed by atoms with Crippen LogP contribution in [-0.2, 0) is 14.2 Å². The van der Waals surface area contributed by atoms with Gasteiger partial charge in [0.15, 0.2) is 0 Å². The SMILES string of the molecule is Cc1ccccc1OCCCOCCOC1CCCCN1C(=O)OC(C)(C)C. The van der Waals surface area contributed by atoms with Crippen molar-refractivity contribution < 1.29 is 23.7 Å². The van der Waals surface area contributed by atoms with Gasteiger partial charge in [0.2, 0.25) is 0 Å². The molecule has 1 aliphatic rings. The van der Waals surface area contributed by atoms with Crippen LogP contribution in [0.2, 0.25) is 0 Å². The number of rotatable bonds is 9. The lowest BCUT2D eigenvalue weighted by Gasteiger charge is -2.36. The Bertz CT molecular complexity index is 599. The lowest BCUT2D eigenvalue weighted by atomic mass is 10.1. The predicted octanol–water partition coefficient (Wildman–Crippen LogP) is 4.54. The highest BCUT2D eigenvalue weighted by molar-refractivity contribution is 5.68. The first-order valence-corrected chi connectivity index (χ1v) is 10.2. The van der Waals surface area contributed by atoms with Crippen LogP contribution in [0, 0.1) is 6.92 Å². The lowest BCUT2D eigenvalue weighted by Crippen LogP contribution is -2.47. The third-order valence-corrected chi connectivity index (χ3v) is 4.40. The Morgan fingerprint density at radius 1 is 1.11 bits per heavy atom. The number of amides is 1. The molecule has 1 amide bonds. The zero-order chi connectivity index (χ0) is 20.4. The van der Waals surface area contributed by atoms with Gasteiger partial charge in [0.05, 0.1) is 19.8 Å². The summed E-state index contributed by atoms with van der Waals surface area (Å²) in [6, 6.07) is 7.99. The molecule has 1 unspecified atom stereocenters. The normalized spacial score (nSPS) is 17.4. The summed E-state index contributed by atoms with van der Waals surface area (Å²) in [5, 5.41) is 0. The van der Waals surface area contributed by atoms with Gasteiger partial charge in [-0.05, 0) is 58.6 Å². The molecule has 0 bridgehead atoms. The molecule has 0 aromatic heterocycles. The number of piperidine rings is 1. The van der Waals surface area contributed by atoms with E-state index in [-0.39, 0.29) is 12.3 Å². The summed E-state index contributed by atoms with van der Waals surface area (Å²) in [5.41, 5.74) is 0.640. The second-order valence-electron chi connectivity index (χ2n) is 8.07. The molecular formula is C22H35NO5. The third-order valence-electron chi connectivity index (χ3n) is 4.40. The predicted molar refractivity (Wildman–Crippen MR) is 109 cm³/mol. The number of hydrogen-bond acceptors (Lipinski definition) is 5. The minimum Gasteiger partial charge on any atom is -0.493 e. The molecule has 158 valence electrons. The maximum atomic E-state index is 12.4. The molecule has 1 saturated heterocycles. The molecule has 1 heterocycles. The lowest BCUT2D eigenvalue weighted by molar-refractivity contribution is -0.0945. The van der Waals surface area contributed by atoms with E-state index in [0.29, 0.717) is 33.0 Å². The number of nitrogens with zero attached hydrogens (tertiary/aromatic N) is 1. The summed E-state index contributed by atoms with van der Waals surface area (Å²) in [6.45, 7) is 10.6. The van der Waals surface area contributed by atoms with Gasteiger partial charge in [-0.1, -0.05) is 18.2 Å². The van der Waals surface area contributed by atoms with Crippen LogP contribution in [0.5, 0.6) is 5.75 Å². The molecule has 1 fully saturated rings. The molecular weight excluding hydrogens is 358 g/mol. The van der Waals surface area contributed by atoms with Crippen LogP contribution in [0.4, 0.5) is 4.79 Å². The molecule has 1 aliphatic heterocycles. The van der Waals surface area contributed by atoms with E-state index in [9.17, 15) is 4.79 Å². The Labute approximate surface area is 169 Å². The first kappa shape index (κ1) is 22.5. The summed E-state index contributed by atoms with van der Waals surface area (Å²) in [4.78, 5) is 14.0. The fraction of sp³-hybridized carbons (Fsp3) is 0.682. The van der Waals surface area contributed by atoms with Gasteiger partial charge < -0.3 is 18.9 Å². The average Bonchev–Trinajstić information content (AvgIpc) is 2.64. The van der Waals surface area contributed by atoms with Gasteiger partial charge in [-0.15, -0.1) is 0 Å². The largest absolute Gasteiger partial charge is 0.493 e. The Morgan fingerprint density at radius 3 is 2.64 bits per heavy atom. The quantitative estimate of drug-likeness (QED) is 0.576. The Kier molecular flexibility index (Phi) is 9.06. The van der Waals surface area contributed by atoms with Gasteiger partial charge in [0.1, 0.15) is 17.6 Å². The molecule has 0 saturated carbocycles. The van der Waals surface area contributed by atoms with Crippen LogP contribution < -0.4 is 4.74 Å². The molecule has 28 heavy (non-hydrogen) atoms. The molecule has 1 atom stereocenters. The third kappa shape index (κ3) is 8.07. The van der Waals surface area contributed by atoms with E-state index in [1.165, 1.54) is 0 Å². The van der Waals surface area contributed by atoms with E-state index >= 15 is 0 Å². The minimum absolute atomic E-state index is 0.225. The van der Waals surface area contributed by atoms with Crippen molar-refractivity contribution in [3.05, 3.63) is 29.8 Å². The number of benzene rings is 1. The number of carbonyl (C=O) groups excluding carboxylic acids is 1. The monoisotopic (exact) mass is 393 g/mol. The average molecular weight is 394 g/mol. The summed E-state index contributed by atoms with van der Waals surface area (Å²) >= 11 is 0. The fourth-order valence-corrected chi connectivity index (χ4v) is 3.01. The van der Waals surface area contributed by atoms with Gasteiger partial charge >= 0.3 is 6.09 Å². The number of para-hydroxylation sites is 1. The van der Waals surface area contributed by atoms with Crippen LogP contribution in [0.3, 0.4) is 0 Å². The fourth-order valence-electron chi connectivity index (χ4n) is 3.01. The molecule has 2 rings (SSSR count). The van der Waals surface area contributed by atoms with E-state index in [1.54, 1.807) is 4.90 Å². The Morgan fingerprint density at radius 2 is 1.89 bits per heavy atom. The molecule has 1 aromatic carbocycles. The maximum absolute atomic E-state index is 12.4. The summed E-state index contributed by atoms with van der Waals surface area (Å²) in [5.74, 6) is 0.922. The highest BCUT2D eigenvalue weighted by Crippen LogP contribution is 2.21. The molecule has 1 aromatic rings. The van der Waals surface area contributed by atoms with Crippen molar-refractivity contribution in [3.8, 4) is 5.75 Å². The van der Waals surface area contributed by atoms with Crippen LogP contribution in [0.25, 0.3) is 0 Å². The van der Waals surface area contributed by atoms with E-state index in [0.717, 1.165) is 37.0 Å². The second-order valence-corrected chi connectivity index (χ2v) is 8.07. The van der Waals surface area contributed by atoms with E-state index < -0.39 is 5.60 Å². The zero-order valence-electron chi connectivity index (χ0n) is 17.7. The molecule has 0 radical (unpaired) electrons. The summed E-state index contributed by atoms with van der Waals surface area (Å²) < 4.78 is 22.8. The molecule has 0 N–H and O–H groups in total. The first-order valence-electron chi connectivity index (χ1n) is 10.2. The number of hydrogen-bond donors (Lipinski definition) is 0. The number of likely N-dealkylation sites (tertiary alicyclic amines) is 1. The Balaban J connectivity index is 1.58. The highest BCUT2D eigenvalue weighted by atomic mass is 16.6. The smallest absolute Gasteiger partial charge is 0.412 e. The topological polar surface area (TPSA) is 57.2 Å². The maximum Gasteiger partial charge on any atom is 0.412 e. The minimum atomic E-state index is -0.497. The van der Waals surface area contributed by atoms with Gasteiger partial charge in [-0.3, -0.25) is 4.90 Å². The zero-order valence-corrected chi connectivity index (χ0v) is 17.7. The van der Waals surface area contributed by atoms with E-state index in [1.807, 2.05) is 52.0 Å². The number of carbonyl (C=O) groups is 1. The van der Waals surface area contributed by atoms with Crippen molar-refractivity contribution in [2.45, 2.75) is 65.2 Å². The van der Waals surface area contributed by atoms with Gasteiger partial charge in [-0.2, -0.15) is 0 Å². The molecule has 0 aliphatic carbocycles.